The molecule has 0 saturated heterocycles. The predicted octanol–water partition coefficient (Wildman–Crippen LogP) is 2.94. The molecule has 0 saturated carbocycles. The number of hydrogen-bond acceptors (Lipinski definition) is 2. The molecular formula is C16H28Cl2O2SiZr-4. The molecule has 0 aromatic carbocycles. The number of aliphatic hydroxyl groups is 2. The van der Waals surface area contributed by atoms with Crippen LogP contribution in [0, 0.1) is 27.0 Å². The van der Waals surface area contributed by atoms with Crippen molar-refractivity contribution >= 4 is 31.7 Å². The van der Waals surface area contributed by atoms with Gasteiger partial charge in [-0.1, -0.05) is 12.8 Å². The van der Waals surface area contributed by atoms with E-state index < -0.39 is 0 Å². The molecule has 2 nitrogen and oxygen atoms in total. The first-order valence-electron chi connectivity index (χ1n) is 5.95. The van der Waals surface area contributed by atoms with Gasteiger partial charge in [0.2, 0.25) is 0 Å². The summed E-state index contributed by atoms with van der Waals surface area (Å²) < 4.78 is 0. The zero-order chi connectivity index (χ0) is 13.6. The van der Waals surface area contributed by atoms with Crippen LogP contribution in [-0.4, -0.2) is 30.3 Å². The third-order valence-corrected chi connectivity index (χ3v) is 2.34. The molecule has 2 rings (SSSR count). The van der Waals surface area contributed by atoms with Crippen molar-refractivity contribution in [2.24, 2.45) is 0 Å². The van der Waals surface area contributed by atoms with Crippen LogP contribution in [0.25, 0.3) is 0 Å². The van der Waals surface area contributed by atoms with Gasteiger partial charge in [-0.3, -0.25) is 12.2 Å². The van der Waals surface area contributed by atoms with E-state index in [1.54, 1.807) is 23.3 Å². The van der Waals surface area contributed by atoms with E-state index in [-0.39, 0.29) is 52.9 Å². The molecule has 2 aliphatic rings. The van der Waals surface area contributed by atoms with Crippen LogP contribution < -0.4 is 0 Å². The van der Waals surface area contributed by atoms with E-state index in [0.29, 0.717) is 0 Å². The van der Waals surface area contributed by atoms with Gasteiger partial charge < -0.3 is 25.1 Å². The normalized spacial score (nSPS) is 12.4. The van der Waals surface area contributed by atoms with E-state index in [1.807, 2.05) is 19.0 Å². The van der Waals surface area contributed by atoms with Gasteiger partial charge in [0.15, 0.2) is 0 Å². The molecule has 0 amide bonds. The molecule has 6 heteroatoms. The SMILES string of the molecule is Cl.Cl.OCCC1=CC[C-]=C1.OCCC1=CC[C-]=C1.[CH3-].[CH3-].[SiH2]=[Zr]. The predicted molar refractivity (Wildman–Crippen MR) is 100 cm³/mol. The molecule has 0 fully saturated rings. The van der Waals surface area contributed by atoms with Gasteiger partial charge in [-0.2, -0.15) is 23.3 Å². The second-order valence-corrected chi connectivity index (χ2v) is 3.61. The van der Waals surface area contributed by atoms with E-state index in [1.165, 1.54) is 11.1 Å². The van der Waals surface area contributed by atoms with Gasteiger partial charge >= 0.3 is 30.2 Å². The van der Waals surface area contributed by atoms with Crippen LogP contribution in [0.5, 0.6) is 0 Å². The molecule has 0 atom stereocenters. The van der Waals surface area contributed by atoms with Gasteiger partial charge in [0.1, 0.15) is 0 Å². The van der Waals surface area contributed by atoms with E-state index in [0.717, 1.165) is 25.7 Å². The summed E-state index contributed by atoms with van der Waals surface area (Å²) in [6, 6.07) is 0. The third-order valence-electron chi connectivity index (χ3n) is 2.34. The Labute approximate surface area is 165 Å². The fraction of sp³-hybridized carbons (Fsp3) is 0.375. The standard InChI is InChI=1S/2C7H9O.2CH3.2ClH.H2Si.Zr/c2*8-6-5-7-3-1-2-4-7;;;;;;/h2*3-4,8H,1,5-6H2;2*1H3;2*1H;1H2;/q4*-1;;;;. The molecular weight excluding hydrogens is 414 g/mol. The number of aliphatic hydroxyl groups excluding tert-OH is 2. The Hall–Kier alpha value is 0.560. The first-order valence-corrected chi connectivity index (χ1v) is 11.9. The maximum atomic E-state index is 8.44. The van der Waals surface area contributed by atoms with Gasteiger partial charge in [0.05, 0.1) is 0 Å². The molecule has 130 valence electrons. The fourth-order valence-electron chi connectivity index (χ4n) is 1.48. The van der Waals surface area contributed by atoms with E-state index >= 15 is 0 Å². The molecule has 0 aromatic heterocycles. The average Bonchev–Trinajstić information content (AvgIpc) is 3.07. The zero-order valence-electron chi connectivity index (χ0n) is 13.5. The quantitative estimate of drug-likeness (QED) is 0.519. The first kappa shape index (κ1) is 34.0. The van der Waals surface area contributed by atoms with Crippen LogP contribution in [0.4, 0.5) is 0 Å². The van der Waals surface area contributed by atoms with Gasteiger partial charge in [0.25, 0.3) is 0 Å². The molecule has 0 aromatic rings. The number of hydrogen-bond donors (Lipinski definition) is 2. The van der Waals surface area contributed by atoms with Crippen molar-refractivity contribution in [2.75, 3.05) is 13.2 Å². The molecule has 0 radical (unpaired) electrons. The summed E-state index contributed by atoms with van der Waals surface area (Å²) in [5.74, 6) is 0. The van der Waals surface area contributed by atoms with Gasteiger partial charge in [-0.15, -0.1) is 37.7 Å². The summed E-state index contributed by atoms with van der Waals surface area (Å²) in [6.07, 6.45) is 17.5. The molecule has 22 heavy (non-hydrogen) atoms. The van der Waals surface area contributed by atoms with Crippen LogP contribution in [-0.2, 0) is 23.3 Å². The Morgan fingerprint density at radius 1 is 0.864 bits per heavy atom. The molecule has 0 bridgehead atoms. The first-order chi connectivity index (χ1) is 8.86. The summed E-state index contributed by atoms with van der Waals surface area (Å²) in [6.45, 7) is 2.46. The molecule has 0 unspecified atom stereocenters. The Morgan fingerprint density at radius 2 is 1.18 bits per heavy atom. The van der Waals surface area contributed by atoms with Crippen molar-refractivity contribution in [1.29, 1.82) is 0 Å². The Kier molecular flexibility index (Phi) is 40.9. The van der Waals surface area contributed by atoms with Gasteiger partial charge in [-0.05, 0) is 0 Å². The fourth-order valence-corrected chi connectivity index (χ4v) is 1.48. The monoisotopic (exact) mass is 440 g/mol. The maximum absolute atomic E-state index is 8.44. The van der Waals surface area contributed by atoms with E-state index in [2.05, 4.69) is 24.3 Å². The number of rotatable bonds is 4. The Bertz CT molecular complexity index is 311. The van der Waals surface area contributed by atoms with E-state index in [4.69, 9.17) is 10.2 Å². The summed E-state index contributed by atoms with van der Waals surface area (Å²) in [4.78, 5) is 0. The van der Waals surface area contributed by atoms with Crippen molar-refractivity contribution in [3.63, 3.8) is 0 Å². The Balaban J connectivity index is -0.0000000676. The molecule has 0 heterocycles. The summed E-state index contributed by atoms with van der Waals surface area (Å²) in [7, 11) is 0. The van der Waals surface area contributed by atoms with Crippen LogP contribution in [0.2, 0.25) is 0 Å². The molecule has 0 aliphatic heterocycles. The second kappa shape index (κ2) is 26.5. The Morgan fingerprint density at radius 3 is 1.36 bits per heavy atom. The molecule has 2 aliphatic carbocycles. The van der Waals surface area contributed by atoms with Crippen LogP contribution in [0.15, 0.2) is 35.5 Å². The number of allylic oxidation sites excluding steroid dienone is 6. The summed E-state index contributed by atoms with van der Waals surface area (Å²) in [5, 5.41) is 16.9. The van der Waals surface area contributed by atoms with Crippen LogP contribution in [0.3, 0.4) is 0 Å². The molecule has 0 spiro atoms. The molecule has 2 N–H and O–H groups in total. The van der Waals surface area contributed by atoms with E-state index in [9.17, 15) is 0 Å². The summed E-state index contributed by atoms with van der Waals surface area (Å²) >= 11 is 1.58. The van der Waals surface area contributed by atoms with Gasteiger partial charge in [-0.25, -0.2) is 12.2 Å². The van der Waals surface area contributed by atoms with Crippen molar-refractivity contribution < 1.29 is 33.5 Å². The third kappa shape index (κ3) is 18.6. The van der Waals surface area contributed by atoms with Crippen molar-refractivity contribution in [3.05, 3.63) is 62.5 Å². The zero-order valence-corrected chi connectivity index (χ0v) is 19.0. The van der Waals surface area contributed by atoms with Gasteiger partial charge in [0, 0.05) is 13.2 Å². The minimum atomic E-state index is 0. The minimum absolute atomic E-state index is 0. The second-order valence-electron chi connectivity index (χ2n) is 3.61. The van der Waals surface area contributed by atoms with Crippen LogP contribution >= 0.6 is 24.8 Å². The van der Waals surface area contributed by atoms with Crippen LogP contribution in [0.1, 0.15) is 25.7 Å². The summed E-state index contributed by atoms with van der Waals surface area (Å²) in [5.41, 5.74) is 2.43. The number of halogens is 2. The van der Waals surface area contributed by atoms with Crippen molar-refractivity contribution in [1.82, 2.24) is 0 Å². The van der Waals surface area contributed by atoms with Crippen molar-refractivity contribution in [3.8, 4) is 0 Å². The average molecular weight is 443 g/mol. The topological polar surface area (TPSA) is 40.5 Å². The van der Waals surface area contributed by atoms with Crippen molar-refractivity contribution in [2.45, 2.75) is 25.7 Å².